The summed E-state index contributed by atoms with van der Waals surface area (Å²) in [6.07, 6.45) is 2.98. The summed E-state index contributed by atoms with van der Waals surface area (Å²) in [6.45, 7) is 0. The number of carbonyl (C=O) groups is 1. The lowest BCUT2D eigenvalue weighted by Crippen LogP contribution is -2.13. The van der Waals surface area contributed by atoms with Crippen LogP contribution in [0.15, 0.2) is 40.6 Å². The average molecular weight is 281 g/mol. The van der Waals surface area contributed by atoms with E-state index in [0.29, 0.717) is 20.8 Å². The van der Waals surface area contributed by atoms with Gasteiger partial charge in [-0.3, -0.25) is 4.79 Å². The van der Waals surface area contributed by atoms with Gasteiger partial charge < -0.3 is 11.5 Å². The van der Waals surface area contributed by atoms with Crippen molar-refractivity contribution in [1.29, 1.82) is 0 Å². The van der Waals surface area contributed by atoms with Crippen molar-refractivity contribution in [3.8, 4) is 0 Å². The molecule has 5 nitrogen and oxygen atoms in total. The third-order valence-corrected chi connectivity index (χ3v) is 3.23. The van der Waals surface area contributed by atoms with Gasteiger partial charge in [-0.15, -0.1) is 0 Å². The van der Waals surface area contributed by atoms with E-state index < -0.39 is 5.91 Å². The first-order valence-corrected chi connectivity index (χ1v) is 6.10. The van der Waals surface area contributed by atoms with Gasteiger partial charge >= 0.3 is 0 Å². The van der Waals surface area contributed by atoms with Gasteiger partial charge in [-0.2, -0.15) is 0 Å². The Bertz CT molecular complexity index is 588. The van der Waals surface area contributed by atoms with Gasteiger partial charge in [0.25, 0.3) is 5.91 Å². The maximum absolute atomic E-state index is 11.3. The molecule has 2 aromatic heterocycles. The van der Waals surface area contributed by atoms with Crippen molar-refractivity contribution in [2.75, 3.05) is 5.73 Å². The molecule has 0 radical (unpaired) electrons. The van der Waals surface area contributed by atoms with Gasteiger partial charge in [0.2, 0.25) is 0 Å². The molecule has 2 aromatic rings. The third kappa shape index (κ3) is 2.91. The highest BCUT2D eigenvalue weighted by Gasteiger charge is 2.12. The largest absolute Gasteiger partial charge is 0.397 e. The summed E-state index contributed by atoms with van der Waals surface area (Å²) < 4.78 is 0. The number of aromatic nitrogens is 2. The highest BCUT2D eigenvalue weighted by Crippen LogP contribution is 2.28. The number of anilines is 1. The summed E-state index contributed by atoms with van der Waals surface area (Å²) in [5.74, 6) is -0.578. The molecular weight excluding hydrogens is 272 g/mol. The summed E-state index contributed by atoms with van der Waals surface area (Å²) >= 11 is 6.96. The number of nitrogen functional groups attached to an aromatic ring is 1. The molecular formula is C11H9ClN4OS. The Morgan fingerprint density at radius 2 is 2.06 bits per heavy atom. The van der Waals surface area contributed by atoms with Crippen molar-refractivity contribution in [1.82, 2.24) is 9.97 Å². The van der Waals surface area contributed by atoms with E-state index in [1.54, 1.807) is 12.1 Å². The van der Waals surface area contributed by atoms with E-state index >= 15 is 0 Å². The molecule has 0 aromatic carbocycles. The predicted octanol–water partition coefficient (Wildman–Crippen LogP) is 1.96. The number of nitrogens with two attached hydrogens (primary N) is 2. The number of amides is 1. The summed E-state index contributed by atoms with van der Waals surface area (Å²) in [5.41, 5.74) is 11.5. The normalized spacial score (nSPS) is 10.3. The lowest BCUT2D eigenvalue weighted by Gasteiger charge is -2.05. The van der Waals surface area contributed by atoms with E-state index in [4.69, 9.17) is 23.1 Å². The molecule has 0 aliphatic heterocycles. The number of primary amides is 1. The van der Waals surface area contributed by atoms with Crippen molar-refractivity contribution < 1.29 is 4.79 Å². The molecule has 7 heteroatoms. The van der Waals surface area contributed by atoms with Gasteiger partial charge in [0.05, 0.1) is 22.5 Å². The van der Waals surface area contributed by atoms with Gasteiger partial charge in [0.1, 0.15) is 10.1 Å². The average Bonchev–Trinajstić information content (AvgIpc) is 2.34. The van der Waals surface area contributed by atoms with Gasteiger partial charge in [0.15, 0.2) is 0 Å². The van der Waals surface area contributed by atoms with Gasteiger partial charge in [-0.25, -0.2) is 9.97 Å². The standard InChI is InChI=1S/C11H9ClN4OS/c12-6-1-2-9(15-4-6)18-11-8(10(14)17)3-7(13)5-16-11/h1-5H,13H2,(H2,14,17). The number of halogens is 1. The molecule has 18 heavy (non-hydrogen) atoms. The highest BCUT2D eigenvalue weighted by molar-refractivity contribution is 7.99. The molecule has 0 spiro atoms. The Balaban J connectivity index is 2.34. The lowest BCUT2D eigenvalue weighted by atomic mass is 10.2. The van der Waals surface area contributed by atoms with Crippen molar-refractivity contribution in [2.24, 2.45) is 5.73 Å². The molecule has 0 saturated carbocycles. The molecule has 2 heterocycles. The molecule has 0 aliphatic carbocycles. The minimum Gasteiger partial charge on any atom is -0.397 e. The minimum atomic E-state index is -0.578. The fourth-order valence-corrected chi connectivity index (χ4v) is 2.17. The van der Waals surface area contributed by atoms with E-state index in [1.165, 1.54) is 30.2 Å². The van der Waals surface area contributed by atoms with Crippen LogP contribution in [0, 0.1) is 0 Å². The Morgan fingerprint density at radius 1 is 1.28 bits per heavy atom. The molecule has 0 unspecified atom stereocenters. The first-order valence-electron chi connectivity index (χ1n) is 4.91. The van der Waals surface area contributed by atoms with Crippen LogP contribution in [0.3, 0.4) is 0 Å². The van der Waals surface area contributed by atoms with Crippen LogP contribution < -0.4 is 11.5 Å². The van der Waals surface area contributed by atoms with Crippen LogP contribution in [0.2, 0.25) is 5.02 Å². The molecule has 0 aliphatic rings. The van der Waals surface area contributed by atoms with Crippen LogP contribution in [-0.2, 0) is 0 Å². The van der Waals surface area contributed by atoms with Crippen LogP contribution in [0.4, 0.5) is 5.69 Å². The first-order chi connectivity index (χ1) is 8.56. The van der Waals surface area contributed by atoms with Crippen LogP contribution >= 0.6 is 23.4 Å². The molecule has 4 N–H and O–H groups in total. The summed E-state index contributed by atoms with van der Waals surface area (Å²) in [6, 6.07) is 4.93. The monoisotopic (exact) mass is 280 g/mol. The maximum atomic E-state index is 11.3. The van der Waals surface area contributed by atoms with Crippen molar-refractivity contribution in [3.63, 3.8) is 0 Å². The Labute approximate surface area is 113 Å². The second-order valence-corrected chi connectivity index (χ2v) is 4.85. The van der Waals surface area contributed by atoms with Crippen LogP contribution in [0.5, 0.6) is 0 Å². The number of pyridine rings is 2. The number of nitrogens with zero attached hydrogens (tertiary/aromatic N) is 2. The van der Waals surface area contributed by atoms with Crippen LogP contribution in [0.1, 0.15) is 10.4 Å². The van der Waals surface area contributed by atoms with E-state index in [-0.39, 0.29) is 5.56 Å². The van der Waals surface area contributed by atoms with Crippen molar-refractivity contribution in [3.05, 3.63) is 41.2 Å². The Morgan fingerprint density at radius 3 is 2.67 bits per heavy atom. The van der Waals surface area contributed by atoms with Gasteiger partial charge in [-0.05, 0) is 30.0 Å². The fourth-order valence-electron chi connectivity index (χ4n) is 1.25. The third-order valence-electron chi connectivity index (χ3n) is 2.04. The first kappa shape index (κ1) is 12.7. The Hall–Kier alpha value is -1.79. The smallest absolute Gasteiger partial charge is 0.251 e. The van der Waals surface area contributed by atoms with E-state index in [0.717, 1.165) is 0 Å². The summed E-state index contributed by atoms with van der Waals surface area (Å²) in [7, 11) is 0. The van der Waals surface area contributed by atoms with Crippen LogP contribution in [-0.4, -0.2) is 15.9 Å². The van der Waals surface area contributed by atoms with Crippen molar-refractivity contribution in [2.45, 2.75) is 10.1 Å². The van der Waals surface area contributed by atoms with E-state index in [1.807, 2.05) is 0 Å². The number of rotatable bonds is 3. The molecule has 0 fully saturated rings. The van der Waals surface area contributed by atoms with Gasteiger partial charge in [0, 0.05) is 6.20 Å². The lowest BCUT2D eigenvalue weighted by molar-refractivity contribution is 0.0997. The molecule has 92 valence electrons. The summed E-state index contributed by atoms with van der Waals surface area (Å²) in [5, 5.41) is 1.67. The zero-order chi connectivity index (χ0) is 13.1. The molecule has 0 bridgehead atoms. The highest BCUT2D eigenvalue weighted by atomic mass is 35.5. The Kier molecular flexibility index (Phi) is 3.69. The topological polar surface area (TPSA) is 94.9 Å². The number of hydrogen-bond donors (Lipinski definition) is 2. The van der Waals surface area contributed by atoms with Crippen molar-refractivity contribution >= 4 is 35.0 Å². The molecule has 0 atom stereocenters. The zero-order valence-electron chi connectivity index (χ0n) is 9.13. The number of hydrogen-bond acceptors (Lipinski definition) is 5. The predicted molar refractivity (Wildman–Crippen MR) is 70.5 cm³/mol. The number of carbonyl (C=O) groups excluding carboxylic acids is 1. The second-order valence-electron chi connectivity index (χ2n) is 3.40. The second kappa shape index (κ2) is 5.24. The van der Waals surface area contributed by atoms with Gasteiger partial charge in [-0.1, -0.05) is 11.6 Å². The molecule has 1 amide bonds. The minimum absolute atomic E-state index is 0.275. The SMILES string of the molecule is NC(=O)c1cc(N)cnc1Sc1ccc(Cl)cn1. The fraction of sp³-hybridized carbons (Fsp3) is 0. The maximum Gasteiger partial charge on any atom is 0.251 e. The quantitative estimate of drug-likeness (QED) is 0.896. The van der Waals surface area contributed by atoms with E-state index in [9.17, 15) is 4.79 Å². The van der Waals surface area contributed by atoms with Crippen LogP contribution in [0.25, 0.3) is 0 Å². The molecule has 0 saturated heterocycles. The van der Waals surface area contributed by atoms with E-state index in [2.05, 4.69) is 9.97 Å². The molecule has 2 rings (SSSR count). The summed E-state index contributed by atoms with van der Waals surface area (Å²) in [4.78, 5) is 19.5. The zero-order valence-corrected chi connectivity index (χ0v) is 10.7.